The van der Waals surface area contributed by atoms with Crippen molar-refractivity contribution in [2.45, 2.75) is 51.1 Å². The molecule has 1 heterocycles. The molecular formula is C15H25N5O2. The number of urea groups is 1. The van der Waals surface area contributed by atoms with Crippen LogP contribution < -0.4 is 16.0 Å². The zero-order valence-corrected chi connectivity index (χ0v) is 12.9. The Morgan fingerprint density at radius 3 is 2.68 bits per heavy atom. The third-order valence-electron chi connectivity index (χ3n) is 3.77. The number of carbonyl (C=O) groups excluding carboxylic acids is 2. The molecule has 1 saturated carbocycles. The highest BCUT2D eigenvalue weighted by molar-refractivity contribution is 5.78. The van der Waals surface area contributed by atoms with Gasteiger partial charge in [-0.2, -0.15) is 5.10 Å². The molecule has 0 atom stereocenters. The SMILES string of the molecule is O=C(CCNC(=O)NCCCn1cccn1)NC1CCCC1. The maximum atomic E-state index is 11.7. The first-order valence-electron chi connectivity index (χ1n) is 8.02. The molecule has 2 rings (SSSR count). The highest BCUT2D eigenvalue weighted by Gasteiger charge is 2.16. The molecule has 7 nitrogen and oxygen atoms in total. The largest absolute Gasteiger partial charge is 0.353 e. The van der Waals surface area contributed by atoms with Gasteiger partial charge in [0.05, 0.1) is 0 Å². The summed E-state index contributed by atoms with van der Waals surface area (Å²) in [6.07, 6.45) is 9.33. The lowest BCUT2D eigenvalue weighted by Crippen LogP contribution is -2.39. The molecule has 122 valence electrons. The summed E-state index contributed by atoms with van der Waals surface area (Å²) < 4.78 is 1.83. The summed E-state index contributed by atoms with van der Waals surface area (Å²) in [6, 6.07) is 1.98. The van der Waals surface area contributed by atoms with E-state index in [4.69, 9.17) is 0 Å². The molecule has 1 aliphatic carbocycles. The van der Waals surface area contributed by atoms with Gasteiger partial charge in [0.25, 0.3) is 0 Å². The van der Waals surface area contributed by atoms with Gasteiger partial charge in [0.2, 0.25) is 5.91 Å². The summed E-state index contributed by atoms with van der Waals surface area (Å²) in [6.45, 7) is 1.72. The standard InChI is InChI=1S/C15H25N5O2/c21-14(19-13-5-1-2-6-13)7-10-17-15(22)16-8-3-11-20-12-4-9-18-20/h4,9,12-13H,1-3,5-8,10-11H2,(H,19,21)(H2,16,17,22). The minimum absolute atomic E-state index is 0.0193. The van der Waals surface area contributed by atoms with Crippen molar-refractivity contribution in [3.63, 3.8) is 0 Å². The molecule has 1 fully saturated rings. The van der Waals surface area contributed by atoms with E-state index in [-0.39, 0.29) is 11.9 Å². The average Bonchev–Trinajstić information content (AvgIpc) is 3.17. The van der Waals surface area contributed by atoms with Crippen LogP contribution in [0.25, 0.3) is 0 Å². The Morgan fingerprint density at radius 1 is 1.18 bits per heavy atom. The van der Waals surface area contributed by atoms with E-state index < -0.39 is 0 Å². The second kappa shape index (κ2) is 9.07. The van der Waals surface area contributed by atoms with Crippen LogP contribution in [0.4, 0.5) is 4.79 Å². The molecule has 0 aromatic carbocycles. The maximum Gasteiger partial charge on any atom is 0.314 e. The molecular weight excluding hydrogens is 282 g/mol. The highest BCUT2D eigenvalue weighted by atomic mass is 16.2. The van der Waals surface area contributed by atoms with E-state index in [1.54, 1.807) is 6.20 Å². The summed E-state index contributed by atoms with van der Waals surface area (Å²) in [7, 11) is 0. The van der Waals surface area contributed by atoms with Crippen LogP contribution in [0, 0.1) is 0 Å². The van der Waals surface area contributed by atoms with E-state index in [0.717, 1.165) is 25.8 Å². The van der Waals surface area contributed by atoms with Gasteiger partial charge in [-0.15, -0.1) is 0 Å². The summed E-state index contributed by atoms with van der Waals surface area (Å²) in [5.41, 5.74) is 0. The number of nitrogens with one attached hydrogen (secondary N) is 3. The smallest absolute Gasteiger partial charge is 0.314 e. The van der Waals surface area contributed by atoms with E-state index in [1.165, 1.54) is 12.8 Å². The lowest BCUT2D eigenvalue weighted by molar-refractivity contribution is -0.121. The zero-order valence-electron chi connectivity index (χ0n) is 12.9. The number of carbonyl (C=O) groups is 2. The molecule has 0 radical (unpaired) electrons. The van der Waals surface area contributed by atoms with Crippen molar-refractivity contribution in [1.29, 1.82) is 0 Å². The van der Waals surface area contributed by atoms with Crippen molar-refractivity contribution in [1.82, 2.24) is 25.7 Å². The normalized spacial score (nSPS) is 14.7. The zero-order chi connectivity index (χ0) is 15.6. The minimum atomic E-state index is -0.228. The van der Waals surface area contributed by atoms with Crippen molar-refractivity contribution in [3.05, 3.63) is 18.5 Å². The summed E-state index contributed by atoms with van der Waals surface area (Å²) in [5, 5.41) is 12.6. The molecule has 22 heavy (non-hydrogen) atoms. The lowest BCUT2D eigenvalue weighted by Gasteiger charge is -2.12. The fraction of sp³-hybridized carbons (Fsp3) is 0.667. The van der Waals surface area contributed by atoms with E-state index in [9.17, 15) is 9.59 Å². The summed E-state index contributed by atoms with van der Waals surface area (Å²) in [4.78, 5) is 23.2. The molecule has 0 saturated heterocycles. The maximum absolute atomic E-state index is 11.7. The van der Waals surface area contributed by atoms with Crippen molar-refractivity contribution < 1.29 is 9.59 Å². The Balaban J connectivity index is 1.45. The fourth-order valence-electron chi connectivity index (χ4n) is 2.60. The molecule has 0 unspecified atom stereocenters. The number of hydrogen-bond acceptors (Lipinski definition) is 3. The first-order chi connectivity index (χ1) is 10.7. The molecule has 0 bridgehead atoms. The Hall–Kier alpha value is -2.05. The Kier molecular flexibility index (Phi) is 6.73. The predicted octanol–water partition coefficient (Wildman–Crippen LogP) is 1.02. The van der Waals surface area contributed by atoms with Gasteiger partial charge >= 0.3 is 6.03 Å². The van der Waals surface area contributed by atoms with Crippen LogP contribution in [-0.4, -0.2) is 40.9 Å². The van der Waals surface area contributed by atoms with E-state index in [0.29, 0.717) is 25.6 Å². The van der Waals surface area contributed by atoms with Gasteiger partial charge in [0, 0.05) is 44.5 Å². The van der Waals surface area contributed by atoms with Crippen molar-refractivity contribution >= 4 is 11.9 Å². The van der Waals surface area contributed by atoms with Crippen LogP contribution in [0.3, 0.4) is 0 Å². The average molecular weight is 307 g/mol. The van der Waals surface area contributed by atoms with Gasteiger partial charge in [-0.3, -0.25) is 9.48 Å². The third kappa shape index (κ3) is 6.15. The van der Waals surface area contributed by atoms with Gasteiger partial charge in [-0.05, 0) is 25.3 Å². The van der Waals surface area contributed by atoms with E-state index in [1.807, 2.05) is 16.9 Å². The van der Waals surface area contributed by atoms with Gasteiger partial charge in [-0.25, -0.2) is 4.79 Å². The van der Waals surface area contributed by atoms with Gasteiger partial charge in [0.1, 0.15) is 0 Å². The monoisotopic (exact) mass is 307 g/mol. The molecule has 3 amide bonds. The molecule has 0 aliphatic heterocycles. The fourth-order valence-corrected chi connectivity index (χ4v) is 2.60. The molecule has 1 aliphatic rings. The lowest BCUT2D eigenvalue weighted by atomic mass is 10.2. The van der Waals surface area contributed by atoms with Crippen LogP contribution in [0.1, 0.15) is 38.5 Å². The molecule has 7 heteroatoms. The van der Waals surface area contributed by atoms with Gasteiger partial charge < -0.3 is 16.0 Å². The van der Waals surface area contributed by atoms with Crippen molar-refractivity contribution in [2.24, 2.45) is 0 Å². The van der Waals surface area contributed by atoms with Gasteiger partial charge in [-0.1, -0.05) is 12.8 Å². The predicted molar refractivity (Wildman–Crippen MR) is 83.3 cm³/mol. The van der Waals surface area contributed by atoms with Gasteiger partial charge in [0.15, 0.2) is 0 Å². The quantitative estimate of drug-likeness (QED) is 0.627. The molecule has 1 aromatic heterocycles. The van der Waals surface area contributed by atoms with Crippen LogP contribution in [0.2, 0.25) is 0 Å². The van der Waals surface area contributed by atoms with Crippen LogP contribution in [-0.2, 0) is 11.3 Å². The Morgan fingerprint density at radius 2 is 1.95 bits per heavy atom. The first-order valence-corrected chi connectivity index (χ1v) is 8.02. The minimum Gasteiger partial charge on any atom is -0.353 e. The van der Waals surface area contributed by atoms with Crippen molar-refractivity contribution in [2.75, 3.05) is 13.1 Å². The van der Waals surface area contributed by atoms with Crippen LogP contribution in [0.5, 0.6) is 0 Å². The van der Waals surface area contributed by atoms with Crippen molar-refractivity contribution in [3.8, 4) is 0 Å². The topological polar surface area (TPSA) is 88.1 Å². The Bertz CT molecular complexity index is 455. The number of aromatic nitrogens is 2. The number of aryl methyl sites for hydroxylation is 1. The number of rotatable bonds is 8. The second-order valence-corrected chi connectivity index (χ2v) is 5.60. The number of hydrogen-bond donors (Lipinski definition) is 3. The Labute approximate surface area is 130 Å². The first kappa shape index (κ1) is 16.3. The molecule has 3 N–H and O–H groups in total. The number of amides is 3. The molecule has 0 spiro atoms. The number of nitrogens with zero attached hydrogens (tertiary/aromatic N) is 2. The van der Waals surface area contributed by atoms with Crippen LogP contribution >= 0.6 is 0 Å². The van der Waals surface area contributed by atoms with E-state index in [2.05, 4.69) is 21.0 Å². The summed E-state index contributed by atoms with van der Waals surface area (Å²) >= 11 is 0. The molecule has 1 aromatic rings. The second-order valence-electron chi connectivity index (χ2n) is 5.60. The highest BCUT2D eigenvalue weighted by Crippen LogP contribution is 2.17. The van der Waals surface area contributed by atoms with Crippen LogP contribution in [0.15, 0.2) is 18.5 Å². The summed E-state index contributed by atoms with van der Waals surface area (Å²) in [5.74, 6) is 0.0193. The third-order valence-corrected chi connectivity index (χ3v) is 3.77. The van der Waals surface area contributed by atoms with E-state index >= 15 is 0 Å².